The third-order valence-corrected chi connectivity index (χ3v) is 5.79. The molecule has 1 saturated carbocycles. The first-order valence-corrected chi connectivity index (χ1v) is 10.2. The molecule has 0 saturated heterocycles. The molecule has 1 aromatic carbocycles. The average Bonchev–Trinajstić information content (AvgIpc) is 3.42. The third-order valence-electron chi connectivity index (χ3n) is 5.79. The molecule has 7 heteroatoms. The molecule has 1 aromatic heterocycles. The van der Waals surface area contributed by atoms with E-state index in [4.69, 9.17) is 9.52 Å². The molecular weight excluding hydrogens is 465 g/mol. The molecule has 152 valence electrons. The number of benzene rings is 1. The fraction of sp³-hybridized carbons (Fsp3) is 0.571. The van der Waals surface area contributed by atoms with Crippen molar-refractivity contribution in [2.45, 2.75) is 57.8 Å². The van der Waals surface area contributed by atoms with Crippen LogP contribution in [-0.2, 0) is 18.3 Å². The van der Waals surface area contributed by atoms with Crippen LogP contribution >= 0.6 is 24.0 Å². The number of aromatic nitrogens is 2. The van der Waals surface area contributed by atoms with Gasteiger partial charge in [-0.2, -0.15) is 4.98 Å². The number of aryl methyl sites for hydroxylation is 1. The van der Waals surface area contributed by atoms with Crippen molar-refractivity contribution in [1.29, 1.82) is 0 Å². The Kier molecular flexibility index (Phi) is 6.95. The molecule has 2 aliphatic rings. The minimum Gasteiger partial charge on any atom is -0.356 e. The SMILES string of the molecule is CCNC(=NCCc1noc(CC)n1)N1CC2(CCCC2)c2ccccc21.I. The van der Waals surface area contributed by atoms with Crippen LogP contribution in [0.1, 0.15) is 56.8 Å². The first-order valence-electron chi connectivity index (χ1n) is 10.2. The van der Waals surface area contributed by atoms with Crippen molar-refractivity contribution in [3.05, 3.63) is 41.5 Å². The largest absolute Gasteiger partial charge is 0.356 e. The van der Waals surface area contributed by atoms with E-state index in [1.165, 1.54) is 36.9 Å². The maximum atomic E-state index is 5.19. The van der Waals surface area contributed by atoms with E-state index in [0.29, 0.717) is 24.3 Å². The van der Waals surface area contributed by atoms with Gasteiger partial charge >= 0.3 is 0 Å². The zero-order valence-electron chi connectivity index (χ0n) is 16.8. The average molecular weight is 495 g/mol. The van der Waals surface area contributed by atoms with Crippen molar-refractivity contribution in [2.24, 2.45) is 4.99 Å². The first kappa shape index (κ1) is 21.1. The molecule has 6 nitrogen and oxygen atoms in total. The van der Waals surface area contributed by atoms with E-state index in [-0.39, 0.29) is 24.0 Å². The van der Waals surface area contributed by atoms with Gasteiger partial charge in [0, 0.05) is 43.6 Å². The van der Waals surface area contributed by atoms with Crippen molar-refractivity contribution in [3.63, 3.8) is 0 Å². The van der Waals surface area contributed by atoms with Gasteiger partial charge in [-0.1, -0.05) is 43.1 Å². The smallest absolute Gasteiger partial charge is 0.226 e. The zero-order chi connectivity index (χ0) is 18.7. The topological polar surface area (TPSA) is 66.5 Å². The molecule has 1 aliphatic heterocycles. The molecule has 1 aliphatic carbocycles. The number of rotatable bonds is 5. The van der Waals surface area contributed by atoms with Crippen molar-refractivity contribution < 1.29 is 4.52 Å². The Morgan fingerprint density at radius 1 is 1.25 bits per heavy atom. The van der Waals surface area contributed by atoms with Crippen LogP contribution in [0.15, 0.2) is 33.8 Å². The highest BCUT2D eigenvalue weighted by Gasteiger charge is 2.45. The van der Waals surface area contributed by atoms with Crippen LogP contribution in [0, 0.1) is 0 Å². The summed E-state index contributed by atoms with van der Waals surface area (Å²) < 4.78 is 5.19. The van der Waals surface area contributed by atoms with Gasteiger partial charge in [0.2, 0.25) is 5.89 Å². The first-order chi connectivity index (χ1) is 13.3. The van der Waals surface area contributed by atoms with Crippen LogP contribution in [0.5, 0.6) is 0 Å². The quantitative estimate of drug-likeness (QED) is 0.385. The van der Waals surface area contributed by atoms with Gasteiger partial charge in [0.05, 0.1) is 0 Å². The molecule has 0 bridgehead atoms. The fourth-order valence-corrected chi connectivity index (χ4v) is 4.49. The lowest BCUT2D eigenvalue weighted by atomic mass is 9.81. The standard InChI is InChI=1S/C21H29N5O.HI/c1-3-19-24-18(25-27-19)11-14-23-20(22-4-2)26-15-21(12-7-8-13-21)16-9-5-6-10-17(16)26;/h5-6,9-10H,3-4,7-8,11-15H2,1-2H3,(H,22,23);1H. The van der Waals surface area contributed by atoms with Crippen LogP contribution in [0.25, 0.3) is 0 Å². The third kappa shape index (κ3) is 4.04. The van der Waals surface area contributed by atoms with E-state index < -0.39 is 0 Å². The number of para-hydroxylation sites is 1. The van der Waals surface area contributed by atoms with Gasteiger partial charge in [-0.15, -0.1) is 24.0 Å². The van der Waals surface area contributed by atoms with Crippen LogP contribution < -0.4 is 10.2 Å². The van der Waals surface area contributed by atoms with Gasteiger partial charge in [-0.3, -0.25) is 4.99 Å². The molecule has 1 fully saturated rings. The molecule has 1 spiro atoms. The lowest BCUT2D eigenvalue weighted by Crippen LogP contribution is -2.43. The number of guanidine groups is 1. The number of aliphatic imine (C=N–C) groups is 1. The van der Waals surface area contributed by atoms with Gasteiger partial charge in [0.15, 0.2) is 11.8 Å². The van der Waals surface area contributed by atoms with Crippen LogP contribution in [0.3, 0.4) is 0 Å². The number of anilines is 1. The Morgan fingerprint density at radius 2 is 2.04 bits per heavy atom. The summed E-state index contributed by atoms with van der Waals surface area (Å²) in [5.74, 6) is 2.39. The lowest BCUT2D eigenvalue weighted by Gasteiger charge is -2.26. The summed E-state index contributed by atoms with van der Waals surface area (Å²) >= 11 is 0. The predicted molar refractivity (Wildman–Crippen MR) is 123 cm³/mol. The zero-order valence-corrected chi connectivity index (χ0v) is 19.1. The Morgan fingerprint density at radius 3 is 2.75 bits per heavy atom. The van der Waals surface area contributed by atoms with Crippen molar-refractivity contribution in [3.8, 4) is 0 Å². The summed E-state index contributed by atoms with van der Waals surface area (Å²) in [6, 6.07) is 8.86. The summed E-state index contributed by atoms with van der Waals surface area (Å²) in [4.78, 5) is 11.7. The number of nitrogens with one attached hydrogen (secondary N) is 1. The number of halogens is 1. The van der Waals surface area contributed by atoms with Gasteiger partial charge in [-0.25, -0.2) is 0 Å². The van der Waals surface area contributed by atoms with Crippen LogP contribution in [-0.4, -0.2) is 35.7 Å². The van der Waals surface area contributed by atoms with Gasteiger partial charge in [0.25, 0.3) is 0 Å². The summed E-state index contributed by atoms with van der Waals surface area (Å²) in [5, 5.41) is 7.52. The number of fused-ring (bicyclic) bond motifs is 2. The van der Waals surface area contributed by atoms with Crippen molar-refractivity contribution >= 4 is 35.6 Å². The number of nitrogens with zero attached hydrogens (tertiary/aromatic N) is 4. The summed E-state index contributed by atoms with van der Waals surface area (Å²) in [6.45, 7) is 6.67. The highest BCUT2D eigenvalue weighted by Crippen LogP contribution is 2.50. The summed E-state index contributed by atoms with van der Waals surface area (Å²) in [5.41, 5.74) is 3.11. The highest BCUT2D eigenvalue weighted by atomic mass is 127. The second kappa shape index (κ2) is 9.24. The van der Waals surface area contributed by atoms with E-state index in [1.54, 1.807) is 0 Å². The van der Waals surface area contributed by atoms with E-state index in [9.17, 15) is 0 Å². The molecule has 0 amide bonds. The van der Waals surface area contributed by atoms with Crippen molar-refractivity contribution in [2.75, 3.05) is 24.5 Å². The normalized spacial score (nSPS) is 17.6. The Labute approximate surface area is 184 Å². The van der Waals surface area contributed by atoms with E-state index in [1.807, 2.05) is 6.92 Å². The van der Waals surface area contributed by atoms with E-state index in [0.717, 1.165) is 31.3 Å². The molecule has 2 heterocycles. The molecule has 4 rings (SSSR count). The maximum Gasteiger partial charge on any atom is 0.226 e. The summed E-state index contributed by atoms with van der Waals surface area (Å²) in [6.07, 6.45) is 6.68. The fourth-order valence-electron chi connectivity index (χ4n) is 4.49. The molecule has 28 heavy (non-hydrogen) atoms. The highest BCUT2D eigenvalue weighted by molar-refractivity contribution is 14.0. The van der Waals surface area contributed by atoms with E-state index in [2.05, 4.69) is 51.5 Å². The number of hydrogen-bond donors (Lipinski definition) is 1. The van der Waals surface area contributed by atoms with E-state index >= 15 is 0 Å². The minimum absolute atomic E-state index is 0. The molecule has 2 aromatic rings. The van der Waals surface area contributed by atoms with Crippen molar-refractivity contribution in [1.82, 2.24) is 15.5 Å². The van der Waals surface area contributed by atoms with Crippen LogP contribution in [0.4, 0.5) is 5.69 Å². The Balaban J connectivity index is 0.00000225. The van der Waals surface area contributed by atoms with Crippen LogP contribution in [0.2, 0.25) is 0 Å². The Hall–Kier alpha value is -1.64. The maximum absolute atomic E-state index is 5.19. The predicted octanol–water partition coefficient (Wildman–Crippen LogP) is 4.09. The molecule has 0 atom stereocenters. The summed E-state index contributed by atoms with van der Waals surface area (Å²) in [7, 11) is 0. The second-order valence-corrected chi connectivity index (χ2v) is 7.53. The Bertz CT molecular complexity index is 813. The molecular formula is C21H30IN5O. The minimum atomic E-state index is 0. The monoisotopic (exact) mass is 495 g/mol. The van der Waals surface area contributed by atoms with Gasteiger partial charge in [0.1, 0.15) is 0 Å². The number of hydrogen-bond acceptors (Lipinski definition) is 4. The molecule has 0 radical (unpaired) electrons. The second-order valence-electron chi connectivity index (χ2n) is 7.53. The van der Waals surface area contributed by atoms with Gasteiger partial charge in [-0.05, 0) is 31.4 Å². The molecule has 1 N–H and O–H groups in total. The van der Waals surface area contributed by atoms with Gasteiger partial charge < -0.3 is 14.7 Å². The molecule has 0 unspecified atom stereocenters. The lowest BCUT2D eigenvalue weighted by molar-refractivity contribution is 0.376.